The number of rotatable bonds is 6. The molecule has 0 saturated carbocycles. The van der Waals surface area contributed by atoms with Crippen molar-refractivity contribution in [2.45, 2.75) is 0 Å². The fourth-order valence-corrected chi connectivity index (χ4v) is 5.58. The second-order valence-electron chi connectivity index (χ2n) is 10.3. The maximum absolute atomic E-state index is 4.39. The van der Waals surface area contributed by atoms with E-state index in [1.54, 1.807) is 0 Å². The number of benzene rings is 5. The summed E-state index contributed by atoms with van der Waals surface area (Å²) in [6.45, 7) is 0. The standard InChI is InChI=1S/C40H28N2/c1-2-12-36-35(11-1)39(31-21-15-29(16-22-31)19-25-33-9-5-7-27-41-33)37-13-3-4-14-38(37)40(36)32-23-17-30(18-24-32)20-26-34-10-6-8-28-42-34/h1-28H/b25-19+,26-20+. The number of aromatic nitrogens is 2. The smallest absolute Gasteiger partial charge is 0.0629 e. The van der Waals surface area contributed by atoms with Crippen LogP contribution in [0.25, 0.3) is 68.1 Å². The molecule has 0 unspecified atom stereocenters. The highest BCUT2D eigenvalue weighted by molar-refractivity contribution is 6.21. The van der Waals surface area contributed by atoms with E-state index < -0.39 is 0 Å². The topological polar surface area (TPSA) is 25.8 Å². The van der Waals surface area contributed by atoms with Gasteiger partial charge in [-0.05, 0) is 91.3 Å². The normalized spacial score (nSPS) is 11.6. The number of nitrogens with zero attached hydrogens (tertiary/aromatic N) is 2. The predicted molar refractivity (Wildman–Crippen MR) is 179 cm³/mol. The minimum Gasteiger partial charge on any atom is -0.257 e. The molecule has 2 aromatic heterocycles. The Balaban J connectivity index is 1.30. The summed E-state index contributed by atoms with van der Waals surface area (Å²) in [6, 6.07) is 47.1. The van der Waals surface area contributed by atoms with Gasteiger partial charge in [0.1, 0.15) is 0 Å². The zero-order valence-corrected chi connectivity index (χ0v) is 23.1. The zero-order chi connectivity index (χ0) is 28.1. The van der Waals surface area contributed by atoms with Crippen LogP contribution in [-0.2, 0) is 0 Å². The molecule has 0 amide bonds. The Morgan fingerprint density at radius 3 is 1.02 bits per heavy atom. The Morgan fingerprint density at radius 1 is 0.333 bits per heavy atom. The van der Waals surface area contributed by atoms with Gasteiger partial charge in [0.25, 0.3) is 0 Å². The van der Waals surface area contributed by atoms with Crippen LogP contribution in [-0.4, -0.2) is 9.97 Å². The van der Waals surface area contributed by atoms with Gasteiger partial charge in [0.05, 0.1) is 11.4 Å². The van der Waals surface area contributed by atoms with Gasteiger partial charge < -0.3 is 0 Å². The summed E-state index contributed by atoms with van der Waals surface area (Å²) in [5.74, 6) is 0. The highest BCUT2D eigenvalue weighted by Crippen LogP contribution is 2.43. The largest absolute Gasteiger partial charge is 0.257 e. The maximum Gasteiger partial charge on any atom is 0.0629 e. The van der Waals surface area contributed by atoms with Gasteiger partial charge in [-0.25, -0.2) is 0 Å². The molecule has 2 nitrogen and oxygen atoms in total. The molecule has 0 N–H and O–H groups in total. The molecule has 0 aliphatic rings. The molecule has 2 heteroatoms. The lowest BCUT2D eigenvalue weighted by Gasteiger charge is -2.18. The molecule has 0 radical (unpaired) electrons. The van der Waals surface area contributed by atoms with Crippen LogP contribution >= 0.6 is 0 Å². The molecule has 5 aromatic carbocycles. The molecule has 7 aromatic rings. The zero-order valence-electron chi connectivity index (χ0n) is 23.1. The molecule has 198 valence electrons. The lowest BCUT2D eigenvalue weighted by atomic mass is 9.85. The number of hydrogen-bond acceptors (Lipinski definition) is 2. The van der Waals surface area contributed by atoms with Gasteiger partial charge in [-0.2, -0.15) is 0 Å². The Labute approximate surface area is 246 Å². The molecule has 0 spiro atoms. The van der Waals surface area contributed by atoms with Crippen molar-refractivity contribution >= 4 is 45.8 Å². The van der Waals surface area contributed by atoms with Crippen LogP contribution in [0.2, 0.25) is 0 Å². The molecule has 0 bridgehead atoms. The van der Waals surface area contributed by atoms with Crippen LogP contribution in [0.5, 0.6) is 0 Å². The fraction of sp³-hybridized carbons (Fsp3) is 0. The second kappa shape index (κ2) is 11.5. The lowest BCUT2D eigenvalue weighted by molar-refractivity contribution is 1.30. The molecule has 0 aliphatic heterocycles. The Bertz CT molecular complexity index is 1830. The summed E-state index contributed by atoms with van der Waals surface area (Å²) in [5, 5.41) is 5.01. The van der Waals surface area contributed by atoms with Crippen molar-refractivity contribution in [3.8, 4) is 22.3 Å². The molecule has 0 aliphatic carbocycles. The maximum atomic E-state index is 4.39. The van der Waals surface area contributed by atoms with Crippen LogP contribution in [0, 0.1) is 0 Å². The summed E-state index contributed by atoms with van der Waals surface area (Å²) in [4.78, 5) is 8.79. The predicted octanol–water partition coefficient (Wildman–Crippen LogP) is 10.5. The molecule has 0 saturated heterocycles. The quantitative estimate of drug-likeness (QED) is 0.198. The van der Waals surface area contributed by atoms with E-state index in [0.29, 0.717) is 0 Å². The Kier molecular flexibility index (Phi) is 6.94. The first kappa shape index (κ1) is 25.4. The molecule has 7 rings (SSSR count). The Morgan fingerprint density at radius 2 is 0.690 bits per heavy atom. The third kappa shape index (κ3) is 5.14. The summed E-state index contributed by atoms with van der Waals surface area (Å²) >= 11 is 0. The highest BCUT2D eigenvalue weighted by Gasteiger charge is 2.16. The van der Waals surface area contributed by atoms with Crippen molar-refractivity contribution in [3.05, 3.63) is 168 Å². The molecular formula is C40H28N2. The average molecular weight is 537 g/mol. The van der Waals surface area contributed by atoms with E-state index in [-0.39, 0.29) is 0 Å². The molecular weight excluding hydrogens is 508 g/mol. The van der Waals surface area contributed by atoms with Crippen molar-refractivity contribution in [2.24, 2.45) is 0 Å². The Hall–Kier alpha value is -5.60. The third-order valence-electron chi connectivity index (χ3n) is 7.60. The van der Waals surface area contributed by atoms with E-state index in [1.807, 2.05) is 60.9 Å². The van der Waals surface area contributed by atoms with Crippen LogP contribution < -0.4 is 0 Å². The van der Waals surface area contributed by atoms with Crippen molar-refractivity contribution < 1.29 is 0 Å². The van der Waals surface area contributed by atoms with Crippen LogP contribution in [0.3, 0.4) is 0 Å². The van der Waals surface area contributed by atoms with Crippen molar-refractivity contribution in [3.63, 3.8) is 0 Å². The molecule has 42 heavy (non-hydrogen) atoms. The summed E-state index contributed by atoms with van der Waals surface area (Å²) in [7, 11) is 0. The summed E-state index contributed by atoms with van der Waals surface area (Å²) in [5.41, 5.74) is 9.13. The summed E-state index contributed by atoms with van der Waals surface area (Å²) < 4.78 is 0. The van der Waals surface area contributed by atoms with Crippen molar-refractivity contribution in [1.29, 1.82) is 0 Å². The van der Waals surface area contributed by atoms with Gasteiger partial charge >= 0.3 is 0 Å². The first-order chi connectivity index (χ1) is 20.8. The van der Waals surface area contributed by atoms with Crippen molar-refractivity contribution in [1.82, 2.24) is 9.97 Å². The minimum atomic E-state index is 0.950. The van der Waals surface area contributed by atoms with Gasteiger partial charge in [-0.3, -0.25) is 9.97 Å². The third-order valence-corrected chi connectivity index (χ3v) is 7.60. The van der Waals surface area contributed by atoms with E-state index in [4.69, 9.17) is 0 Å². The van der Waals surface area contributed by atoms with Crippen LogP contribution in [0.15, 0.2) is 146 Å². The van der Waals surface area contributed by atoms with Gasteiger partial charge in [0.2, 0.25) is 0 Å². The number of hydrogen-bond donors (Lipinski definition) is 0. The van der Waals surface area contributed by atoms with Crippen molar-refractivity contribution in [2.75, 3.05) is 0 Å². The molecule has 0 fully saturated rings. The van der Waals surface area contributed by atoms with E-state index in [9.17, 15) is 0 Å². The average Bonchev–Trinajstić information content (AvgIpc) is 3.07. The summed E-state index contributed by atoms with van der Waals surface area (Å²) in [6.07, 6.45) is 12.0. The SMILES string of the molecule is C(=C\c1ccccn1)/c1ccc(-c2c3ccccc3c(-c3ccc(/C=C/c4ccccn4)cc3)c3ccccc23)cc1. The fourth-order valence-electron chi connectivity index (χ4n) is 5.58. The van der Waals surface area contributed by atoms with Gasteiger partial charge in [0, 0.05) is 12.4 Å². The van der Waals surface area contributed by atoms with Crippen LogP contribution in [0.4, 0.5) is 0 Å². The van der Waals surface area contributed by atoms with Gasteiger partial charge in [-0.15, -0.1) is 0 Å². The second-order valence-corrected chi connectivity index (χ2v) is 10.3. The first-order valence-electron chi connectivity index (χ1n) is 14.2. The van der Waals surface area contributed by atoms with Crippen LogP contribution in [0.1, 0.15) is 22.5 Å². The van der Waals surface area contributed by atoms with E-state index in [0.717, 1.165) is 22.5 Å². The van der Waals surface area contributed by atoms with E-state index in [1.165, 1.54) is 43.8 Å². The minimum absolute atomic E-state index is 0.950. The molecule has 2 heterocycles. The lowest BCUT2D eigenvalue weighted by Crippen LogP contribution is -1.91. The molecule has 0 atom stereocenters. The van der Waals surface area contributed by atoms with E-state index in [2.05, 4.69) is 119 Å². The van der Waals surface area contributed by atoms with Gasteiger partial charge in [-0.1, -0.05) is 121 Å². The van der Waals surface area contributed by atoms with Gasteiger partial charge in [0.15, 0.2) is 0 Å². The first-order valence-corrected chi connectivity index (χ1v) is 14.2. The highest BCUT2D eigenvalue weighted by atomic mass is 14.7. The number of pyridine rings is 2. The monoisotopic (exact) mass is 536 g/mol. The van der Waals surface area contributed by atoms with E-state index >= 15 is 0 Å². The number of fused-ring (bicyclic) bond motifs is 2.